The van der Waals surface area contributed by atoms with Gasteiger partial charge in [0.05, 0.1) is 0 Å². The molecule has 0 radical (unpaired) electrons. The molecule has 0 saturated carbocycles. The van der Waals surface area contributed by atoms with Gasteiger partial charge < -0.3 is 14.5 Å². The number of ether oxygens (including phenoxy) is 1. The lowest BCUT2D eigenvalue weighted by atomic mass is 10.2. The SMILES string of the molecule is CCCC(=O)N1CCN(C(=O)OCc2ccccc2)CC1. The second-order valence-corrected chi connectivity index (χ2v) is 5.16. The molecule has 0 aromatic heterocycles. The summed E-state index contributed by atoms with van der Waals surface area (Å²) in [7, 11) is 0. The molecule has 114 valence electrons. The van der Waals surface area contributed by atoms with Crippen molar-refractivity contribution >= 4 is 12.0 Å². The smallest absolute Gasteiger partial charge is 0.410 e. The van der Waals surface area contributed by atoms with E-state index in [1.54, 1.807) is 4.90 Å². The van der Waals surface area contributed by atoms with E-state index >= 15 is 0 Å². The molecule has 0 unspecified atom stereocenters. The average molecular weight is 290 g/mol. The van der Waals surface area contributed by atoms with Crippen LogP contribution in [0.1, 0.15) is 25.3 Å². The molecule has 2 amide bonds. The van der Waals surface area contributed by atoms with Crippen LogP contribution in [0.25, 0.3) is 0 Å². The van der Waals surface area contributed by atoms with Crippen LogP contribution in [0.4, 0.5) is 4.79 Å². The van der Waals surface area contributed by atoms with E-state index in [-0.39, 0.29) is 18.6 Å². The highest BCUT2D eigenvalue weighted by Crippen LogP contribution is 2.08. The van der Waals surface area contributed by atoms with E-state index < -0.39 is 0 Å². The highest BCUT2D eigenvalue weighted by Gasteiger charge is 2.24. The van der Waals surface area contributed by atoms with E-state index in [1.165, 1.54) is 0 Å². The van der Waals surface area contributed by atoms with Gasteiger partial charge in [-0.3, -0.25) is 4.79 Å². The maximum absolute atomic E-state index is 12.0. The van der Waals surface area contributed by atoms with Gasteiger partial charge in [0, 0.05) is 32.6 Å². The molecule has 21 heavy (non-hydrogen) atoms. The highest BCUT2D eigenvalue weighted by molar-refractivity contribution is 5.76. The van der Waals surface area contributed by atoms with Gasteiger partial charge in [0.15, 0.2) is 0 Å². The van der Waals surface area contributed by atoms with Crippen LogP contribution in [0.2, 0.25) is 0 Å². The third-order valence-corrected chi connectivity index (χ3v) is 3.56. The van der Waals surface area contributed by atoms with E-state index in [2.05, 4.69) is 0 Å². The highest BCUT2D eigenvalue weighted by atomic mass is 16.6. The summed E-state index contributed by atoms with van der Waals surface area (Å²) in [5.41, 5.74) is 0.975. The summed E-state index contributed by atoms with van der Waals surface area (Å²) in [6.07, 6.45) is 1.14. The Kier molecular flexibility index (Phi) is 5.60. The fraction of sp³-hybridized carbons (Fsp3) is 0.500. The third-order valence-electron chi connectivity index (χ3n) is 3.56. The number of rotatable bonds is 4. The zero-order valence-electron chi connectivity index (χ0n) is 12.5. The van der Waals surface area contributed by atoms with Crippen LogP contribution in [0.5, 0.6) is 0 Å². The molecule has 1 fully saturated rings. The lowest BCUT2D eigenvalue weighted by molar-refractivity contribution is -0.132. The van der Waals surface area contributed by atoms with Gasteiger partial charge in [0.1, 0.15) is 6.61 Å². The molecule has 0 spiro atoms. The first-order valence-corrected chi connectivity index (χ1v) is 7.44. The quantitative estimate of drug-likeness (QED) is 0.854. The van der Waals surface area contributed by atoms with Crippen LogP contribution in [0.3, 0.4) is 0 Å². The van der Waals surface area contributed by atoms with E-state index in [9.17, 15) is 9.59 Å². The fourth-order valence-corrected chi connectivity index (χ4v) is 2.32. The largest absolute Gasteiger partial charge is 0.445 e. The Labute approximate surface area is 125 Å². The maximum Gasteiger partial charge on any atom is 0.410 e. The second-order valence-electron chi connectivity index (χ2n) is 5.16. The summed E-state index contributed by atoms with van der Waals surface area (Å²) in [6.45, 7) is 4.56. The Morgan fingerprint density at radius 3 is 2.29 bits per heavy atom. The minimum Gasteiger partial charge on any atom is -0.445 e. The van der Waals surface area contributed by atoms with Gasteiger partial charge in [-0.25, -0.2) is 4.79 Å². The normalized spacial score (nSPS) is 14.9. The standard InChI is InChI=1S/C16H22N2O3/c1-2-6-15(19)17-9-11-18(12-10-17)16(20)21-13-14-7-4-3-5-8-14/h3-5,7-8H,2,6,9-13H2,1H3. The number of carbonyl (C=O) groups excluding carboxylic acids is 2. The Bertz CT molecular complexity index is 468. The molecule has 5 heteroatoms. The van der Waals surface area contributed by atoms with Crippen molar-refractivity contribution in [3.8, 4) is 0 Å². The molecule has 1 aromatic rings. The molecule has 2 rings (SSSR count). The Hall–Kier alpha value is -2.04. The third kappa shape index (κ3) is 4.48. The van der Waals surface area contributed by atoms with Crippen molar-refractivity contribution in [3.05, 3.63) is 35.9 Å². The van der Waals surface area contributed by atoms with Crippen LogP contribution in [-0.4, -0.2) is 48.0 Å². The van der Waals surface area contributed by atoms with Gasteiger partial charge in [-0.05, 0) is 12.0 Å². The van der Waals surface area contributed by atoms with Crippen LogP contribution in [-0.2, 0) is 16.1 Å². The lowest BCUT2D eigenvalue weighted by Gasteiger charge is -2.34. The molecular formula is C16H22N2O3. The molecule has 0 aliphatic carbocycles. The predicted octanol–water partition coefficient (Wildman–Crippen LogP) is 2.27. The fourth-order valence-electron chi connectivity index (χ4n) is 2.32. The zero-order valence-corrected chi connectivity index (χ0v) is 12.5. The first-order valence-electron chi connectivity index (χ1n) is 7.44. The molecule has 1 saturated heterocycles. The van der Waals surface area contributed by atoms with Crippen molar-refractivity contribution in [2.45, 2.75) is 26.4 Å². The first-order chi connectivity index (χ1) is 10.2. The van der Waals surface area contributed by atoms with Crippen molar-refractivity contribution in [2.24, 2.45) is 0 Å². The summed E-state index contributed by atoms with van der Waals surface area (Å²) < 4.78 is 5.29. The molecule has 0 N–H and O–H groups in total. The summed E-state index contributed by atoms with van der Waals surface area (Å²) in [5, 5.41) is 0. The first kappa shape index (κ1) is 15.4. The van der Waals surface area contributed by atoms with Crippen molar-refractivity contribution in [3.63, 3.8) is 0 Å². The number of piperazine rings is 1. The van der Waals surface area contributed by atoms with E-state index in [0.29, 0.717) is 32.6 Å². The van der Waals surface area contributed by atoms with Gasteiger partial charge in [-0.15, -0.1) is 0 Å². The van der Waals surface area contributed by atoms with Crippen LogP contribution >= 0.6 is 0 Å². The lowest BCUT2D eigenvalue weighted by Crippen LogP contribution is -2.50. The van der Waals surface area contributed by atoms with Crippen molar-refractivity contribution in [1.29, 1.82) is 0 Å². The monoisotopic (exact) mass is 290 g/mol. The van der Waals surface area contributed by atoms with Gasteiger partial charge in [0.2, 0.25) is 5.91 Å². The minimum absolute atomic E-state index is 0.176. The summed E-state index contributed by atoms with van der Waals surface area (Å²) >= 11 is 0. The van der Waals surface area contributed by atoms with E-state index in [0.717, 1.165) is 12.0 Å². The number of nitrogens with zero attached hydrogens (tertiary/aromatic N) is 2. The number of benzene rings is 1. The second kappa shape index (κ2) is 7.67. The van der Waals surface area contributed by atoms with Gasteiger partial charge in [-0.2, -0.15) is 0 Å². The molecule has 0 atom stereocenters. The van der Waals surface area contributed by atoms with Gasteiger partial charge in [-0.1, -0.05) is 37.3 Å². The molecule has 1 aromatic carbocycles. The van der Waals surface area contributed by atoms with E-state index in [1.807, 2.05) is 42.2 Å². The van der Waals surface area contributed by atoms with Crippen molar-refractivity contribution in [2.75, 3.05) is 26.2 Å². The van der Waals surface area contributed by atoms with Gasteiger partial charge in [0.25, 0.3) is 0 Å². The number of amides is 2. The van der Waals surface area contributed by atoms with Crippen LogP contribution in [0.15, 0.2) is 30.3 Å². The van der Waals surface area contributed by atoms with Crippen molar-refractivity contribution < 1.29 is 14.3 Å². The molecule has 1 heterocycles. The molecule has 5 nitrogen and oxygen atoms in total. The molecule has 0 bridgehead atoms. The molecular weight excluding hydrogens is 268 g/mol. The molecule has 1 aliphatic heterocycles. The van der Waals surface area contributed by atoms with Crippen molar-refractivity contribution in [1.82, 2.24) is 9.80 Å². The van der Waals surface area contributed by atoms with Crippen LogP contribution < -0.4 is 0 Å². The molecule has 1 aliphatic rings. The Balaban J connectivity index is 1.74. The topological polar surface area (TPSA) is 49.9 Å². The van der Waals surface area contributed by atoms with E-state index in [4.69, 9.17) is 4.74 Å². The zero-order chi connectivity index (χ0) is 15.1. The number of hydrogen-bond donors (Lipinski definition) is 0. The Morgan fingerprint density at radius 1 is 1.05 bits per heavy atom. The number of hydrogen-bond acceptors (Lipinski definition) is 3. The van der Waals surface area contributed by atoms with Gasteiger partial charge >= 0.3 is 6.09 Å². The summed E-state index contributed by atoms with van der Waals surface area (Å²) in [6, 6.07) is 9.61. The predicted molar refractivity (Wildman–Crippen MR) is 79.7 cm³/mol. The maximum atomic E-state index is 12.0. The van der Waals surface area contributed by atoms with Crippen LogP contribution in [0, 0.1) is 0 Å². The minimum atomic E-state index is -0.304. The average Bonchev–Trinajstić information content (AvgIpc) is 2.54. The Morgan fingerprint density at radius 2 is 1.67 bits per heavy atom. The number of carbonyl (C=O) groups is 2. The summed E-state index contributed by atoms with van der Waals surface area (Å²) in [5.74, 6) is 0.176. The summed E-state index contributed by atoms with van der Waals surface area (Å²) in [4.78, 5) is 27.2.